The number of rotatable bonds is 11. The molecule has 1 aliphatic rings. The molecule has 44 heavy (non-hydrogen) atoms. The standard InChI is InChI=1S/C41H47N3/c1-6-8-30-42(31-9-7-2)35-22-24-39(25-23-35)44(38-20-14-34(5)15-21-38)41-28-26-40(27-29-41)43(36-16-10-32(3)11-17-36)37-18-12-33(4)13-19-37/h10-29H,6-9,30-31H2,1-5H3/q+2. The molecule has 4 aromatic carbocycles. The fraction of sp³-hybridized carbons (Fsp3) is 0.268. The van der Waals surface area contributed by atoms with E-state index in [4.69, 9.17) is 0 Å². The predicted octanol–water partition coefficient (Wildman–Crippen LogP) is 10.4. The minimum absolute atomic E-state index is 1.11. The number of hydrogen-bond donors (Lipinski definition) is 0. The van der Waals surface area contributed by atoms with Crippen LogP contribution >= 0.6 is 0 Å². The average Bonchev–Trinajstić information content (AvgIpc) is 3.05. The van der Waals surface area contributed by atoms with Gasteiger partial charge in [-0.15, -0.1) is 0 Å². The number of benzene rings is 4. The molecule has 0 radical (unpaired) electrons. The summed E-state index contributed by atoms with van der Waals surface area (Å²) in [6, 6.07) is 35.5. The molecule has 0 aliphatic heterocycles. The highest BCUT2D eigenvalue weighted by Crippen LogP contribution is 2.27. The third kappa shape index (κ3) is 7.52. The Balaban J connectivity index is 1.57. The van der Waals surface area contributed by atoms with Gasteiger partial charge in [0.15, 0.2) is 0 Å². The van der Waals surface area contributed by atoms with Crippen LogP contribution in [-0.2, 0) is 0 Å². The predicted molar refractivity (Wildman–Crippen MR) is 193 cm³/mol. The second-order valence-electron chi connectivity index (χ2n) is 11.9. The lowest BCUT2D eigenvalue weighted by molar-refractivity contribution is 0.678. The topological polar surface area (TPSA) is 9.26 Å². The van der Waals surface area contributed by atoms with Gasteiger partial charge < -0.3 is 4.90 Å². The number of hydrogen-bond acceptors (Lipinski definition) is 1. The lowest BCUT2D eigenvalue weighted by Gasteiger charge is -2.24. The Morgan fingerprint density at radius 2 is 0.727 bits per heavy atom. The zero-order valence-electron chi connectivity index (χ0n) is 27.1. The van der Waals surface area contributed by atoms with Gasteiger partial charge in [0, 0.05) is 91.6 Å². The van der Waals surface area contributed by atoms with Crippen molar-refractivity contribution in [1.82, 2.24) is 9.15 Å². The van der Waals surface area contributed by atoms with E-state index in [1.165, 1.54) is 48.1 Å². The van der Waals surface area contributed by atoms with Gasteiger partial charge in [-0.2, -0.15) is 9.15 Å². The summed E-state index contributed by atoms with van der Waals surface area (Å²) in [5.41, 5.74) is 11.9. The Labute approximate surface area is 264 Å². The summed E-state index contributed by atoms with van der Waals surface area (Å²) in [6.07, 6.45) is 13.8. The quantitative estimate of drug-likeness (QED) is 0.126. The molecule has 224 valence electrons. The van der Waals surface area contributed by atoms with E-state index in [-0.39, 0.29) is 0 Å². The number of aryl methyl sites for hydroxylation is 3. The minimum atomic E-state index is 1.11. The Morgan fingerprint density at radius 1 is 0.432 bits per heavy atom. The molecule has 5 rings (SSSR count). The van der Waals surface area contributed by atoms with E-state index < -0.39 is 0 Å². The van der Waals surface area contributed by atoms with Crippen LogP contribution in [0.2, 0.25) is 0 Å². The van der Waals surface area contributed by atoms with E-state index >= 15 is 0 Å². The molecule has 0 saturated carbocycles. The van der Waals surface area contributed by atoms with Gasteiger partial charge in [0.2, 0.25) is 34.2 Å². The summed E-state index contributed by atoms with van der Waals surface area (Å²) in [5, 5.41) is 0. The second-order valence-corrected chi connectivity index (χ2v) is 11.9. The van der Waals surface area contributed by atoms with Crippen LogP contribution in [0.25, 0.3) is 0 Å². The van der Waals surface area contributed by atoms with Crippen molar-refractivity contribution >= 4 is 39.9 Å². The Hall–Kier alpha value is -4.50. The van der Waals surface area contributed by atoms with Gasteiger partial charge in [0.25, 0.3) is 0 Å². The summed E-state index contributed by atoms with van der Waals surface area (Å²) in [5.74, 6) is 0. The highest BCUT2D eigenvalue weighted by molar-refractivity contribution is 6.20. The molecule has 0 spiro atoms. The number of allylic oxidation sites excluding steroid dienone is 4. The van der Waals surface area contributed by atoms with Crippen molar-refractivity contribution in [3.63, 3.8) is 0 Å². The Bertz CT molecular complexity index is 1580. The van der Waals surface area contributed by atoms with Crippen molar-refractivity contribution in [3.05, 3.63) is 138 Å². The van der Waals surface area contributed by atoms with Crippen LogP contribution in [0.3, 0.4) is 0 Å². The normalized spacial score (nSPS) is 12.5. The van der Waals surface area contributed by atoms with Crippen LogP contribution in [0.15, 0.2) is 121 Å². The first kappa shape index (κ1) is 30.9. The van der Waals surface area contributed by atoms with Crippen molar-refractivity contribution < 1.29 is 0 Å². The molecular formula is C41H47N3+2. The van der Waals surface area contributed by atoms with Gasteiger partial charge in [-0.05, 0) is 45.7 Å². The lowest BCUT2D eigenvalue weighted by atomic mass is 10.1. The Morgan fingerprint density at radius 3 is 1.02 bits per heavy atom. The summed E-state index contributed by atoms with van der Waals surface area (Å²) in [4.78, 5) is 2.55. The van der Waals surface area contributed by atoms with Gasteiger partial charge in [-0.25, -0.2) is 0 Å². The third-order valence-corrected chi connectivity index (χ3v) is 8.28. The maximum atomic E-state index is 2.55. The SMILES string of the molecule is CCCCN(CCCC)c1ccc([N+](=C2C=CC(=[N+](c3ccc(C)cc3)c3ccc(C)cc3)C=C2)c2ccc(C)cc2)cc1. The number of anilines is 1. The molecule has 0 heterocycles. The molecular weight excluding hydrogens is 534 g/mol. The molecule has 0 N–H and O–H groups in total. The smallest absolute Gasteiger partial charge is 0.212 e. The highest BCUT2D eigenvalue weighted by atomic mass is 15.1. The van der Waals surface area contributed by atoms with Crippen LogP contribution in [0, 0.1) is 20.8 Å². The molecule has 4 aromatic rings. The van der Waals surface area contributed by atoms with E-state index in [0.29, 0.717) is 0 Å². The van der Waals surface area contributed by atoms with E-state index in [0.717, 1.165) is 47.3 Å². The van der Waals surface area contributed by atoms with Crippen molar-refractivity contribution in [2.45, 2.75) is 60.3 Å². The maximum absolute atomic E-state index is 2.55. The van der Waals surface area contributed by atoms with E-state index in [2.05, 4.69) is 170 Å². The third-order valence-electron chi connectivity index (χ3n) is 8.28. The van der Waals surface area contributed by atoms with E-state index in [1.54, 1.807) is 0 Å². The summed E-state index contributed by atoms with van der Waals surface area (Å²) >= 11 is 0. The molecule has 0 unspecified atom stereocenters. The van der Waals surface area contributed by atoms with Gasteiger partial charge in [0.1, 0.15) is 0 Å². The first-order valence-corrected chi connectivity index (χ1v) is 16.2. The molecule has 0 fully saturated rings. The molecule has 0 atom stereocenters. The minimum Gasteiger partial charge on any atom is -0.372 e. The monoisotopic (exact) mass is 581 g/mol. The van der Waals surface area contributed by atoms with E-state index in [1.807, 2.05) is 0 Å². The molecule has 0 bridgehead atoms. The van der Waals surface area contributed by atoms with Gasteiger partial charge in [0.05, 0.1) is 0 Å². The Kier molecular flexibility index (Phi) is 10.4. The maximum Gasteiger partial charge on any atom is 0.212 e. The second kappa shape index (κ2) is 14.8. The van der Waals surface area contributed by atoms with Crippen LogP contribution < -0.4 is 14.1 Å². The average molecular weight is 582 g/mol. The molecule has 3 heteroatoms. The zero-order chi connectivity index (χ0) is 30.9. The molecule has 1 aliphatic carbocycles. The summed E-state index contributed by atoms with van der Waals surface area (Å²) in [7, 11) is 0. The fourth-order valence-corrected chi connectivity index (χ4v) is 5.61. The molecule has 0 saturated heterocycles. The van der Waals surface area contributed by atoms with Crippen LogP contribution in [0.1, 0.15) is 56.2 Å². The molecule has 0 aromatic heterocycles. The van der Waals surface area contributed by atoms with Gasteiger partial charge in [-0.1, -0.05) is 79.8 Å². The van der Waals surface area contributed by atoms with Gasteiger partial charge in [-0.3, -0.25) is 0 Å². The fourth-order valence-electron chi connectivity index (χ4n) is 5.61. The van der Waals surface area contributed by atoms with Crippen molar-refractivity contribution in [1.29, 1.82) is 0 Å². The van der Waals surface area contributed by atoms with Crippen LogP contribution in [0.4, 0.5) is 28.4 Å². The first-order valence-electron chi connectivity index (χ1n) is 16.2. The number of unbranched alkanes of at least 4 members (excludes halogenated alkanes) is 2. The van der Waals surface area contributed by atoms with Crippen molar-refractivity contribution in [2.24, 2.45) is 0 Å². The van der Waals surface area contributed by atoms with Crippen molar-refractivity contribution in [2.75, 3.05) is 18.0 Å². The van der Waals surface area contributed by atoms with Crippen LogP contribution in [-0.4, -0.2) is 24.5 Å². The molecule has 0 amide bonds. The van der Waals surface area contributed by atoms with Crippen LogP contribution in [0.5, 0.6) is 0 Å². The van der Waals surface area contributed by atoms with Crippen molar-refractivity contribution in [3.8, 4) is 0 Å². The largest absolute Gasteiger partial charge is 0.372 e. The number of nitrogens with zero attached hydrogens (tertiary/aromatic N) is 3. The summed E-state index contributed by atoms with van der Waals surface area (Å²) in [6.45, 7) is 13.2. The molecule has 3 nitrogen and oxygen atoms in total. The lowest BCUT2D eigenvalue weighted by Crippen LogP contribution is -2.25. The zero-order valence-corrected chi connectivity index (χ0v) is 27.1. The highest BCUT2D eigenvalue weighted by Gasteiger charge is 2.24. The first-order chi connectivity index (χ1) is 21.5. The summed E-state index contributed by atoms with van der Waals surface area (Å²) < 4.78 is 4.69. The van der Waals surface area contributed by atoms with E-state index in [9.17, 15) is 0 Å². The van der Waals surface area contributed by atoms with Gasteiger partial charge >= 0.3 is 0 Å².